The van der Waals surface area contributed by atoms with E-state index in [9.17, 15) is 0 Å². The van der Waals surface area contributed by atoms with Gasteiger partial charge < -0.3 is 0 Å². The maximum atomic E-state index is 2.26. The number of rotatable bonds is 7. The van der Waals surface area contributed by atoms with Gasteiger partial charge in [0.25, 0.3) is 0 Å². The van der Waals surface area contributed by atoms with Crippen molar-refractivity contribution in [3.8, 4) is 0 Å². The van der Waals surface area contributed by atoms with E-state index in [2.05, 4.69) is 27.7 Å². The number of unbranched alkanes of at least 4 members (excludes halogenated alkanes) is 7. The van der Waals surface area contributed by atoms with Gasteiger partial charge >= 0.3 is 0 Å². The molecule has 0 aromatic rings. The summed E-state index contributed by atoms with van der Waals surface area (Å²) in [5.74, 6) is 0. The van der Waals surface area contributed by atoms with Crippen LogP contribution in [0.1, 0.15) is 137 Å². The molecule has 1 aliphatic rings. The van der Waals surface area contributed by atoms with E-state index in [0.29, 0.717) is 0 Å². The molecule has 0 saturated heterocycles. The topological polar surface area (TPSA) is 0 Å². The van der Waals surface area contributed by atoms with E-state index >= 15 is 0 Å². The number of hydrogen-bond donors (Lipinski definition) is 0. The van der Waals surface area contributed by atoms with E-state index in [4.69, 9.17) is 0 Å². The molecule has 0 heteroatoms. The Labute approximate surface area is 137 Å². The third-order valence-corrected chi connectivity index (χ3v) is 4.21. The Morgan fingerprint density at radius 1 is 0.333 bits per heavy atom. The molecule has 0 aromatic carbocycles. The summed E-state index contributed by atoms with van der Waals surface area (Å²) in [5.41, 5.74) is 0. The predicted molar refractivity (Wildman–Crippen MR) is 101 cm³/mol. The Morgan fingerprint density at radius 2 is 0.571 bits per heavy atom. The standard InChI is InChI=1S/C9H20.C8H16.C4H10/c1-3-5-7-9-8-6-4-2;1-2-4-6-8-7-5-3-1;1-3-4-2/h3-9H2,1-2H3;1-8H2;3-4H2,1-2H3. The summed E-state index contributed by atoms with van der Waals surface area (Å²) >= 11 is 0. The van der Waals surface area contributed by atoms with Crippen molar-refractivity contribution in [2.75, 3.05) is 0 Å². The van der Waals surface area contributed by atoms with Gasteiger partial charge in [0.05, 0.1) is 0 Å². The summed E-state index contributed by atoms with van der Waals surface area (Å²) in [5, 5.41) is 0. The van der Waals surface area contributed by atoms with Crippen LogP contribution < -0.4 is 0 Å². The third kappa shape index (κ3) is 28.8. The van der Waals surface area contributed by atoms with Gasteiger partial charge in [-0.2, -0.15) is 0 Å². The smallest absolute Gasteiger partial charge is 0.0533 e. The molecular weight excluding hydrogens is 252 g/mol. The van der Waals surface area contributed by atoms with Gasteiger partial charge in [0.15, 0.2) is 0 Å². The maximum absolute atomic E-state index is 2.26. The Balaban J connectivity index is 0. The molecule has 0 atom stereocenters. The minimum Gasteiger partial charge on any atom is -0.0654 e. The molecule has 130 valence electrons. The summed E-state index contributed by atoms with van der Waals surface area (Å²) in [6, 6.07) is 0. The van der Waals surface area contributed by atoms with Crippen molar-refractivity contribution in [2.24, 2.45) is 0 Å². The zero-order valence-corrected chi connectivity index (χ0v) is 16.0. The van der Waals surface area contributed by atoms with Crippen LogP contribution in [0.2, 0.25) is 0 Å². The van der Waals surface area contributed by atoms with E-state index in [-0.39, 0.29) is 0 Å². The quantitative estimate of drug-likeness (QED) is 0.412. The Hall–Kier alpha value is 0. The second kappa shape index (κ2) is 25.0. The van der Waals surface area contributed by atoms with Crippen molar-refractivity contribution in [2.45, 2.75) is 137 Å². The van der Waals surface area contributed by atoms with E-state index in [1.54, 1.807) is 0 Å². The molecule has 0 bridgehead atoms. The molecule has 0 amide bonds. The van der Waals surface area contributed by atoms with E-state index < -0.39 is 0 Å². The van der Waals surface area contributed by atoms with Gasteiger partial charge in [-0.3, -0.25) is 0 Å². The van der Waals surface area contributed by atoms with Crippen molar-refractivity contribution in [1.29, 1.82) is 0 Å². The highest BCUT2D eigenvalue weighted by Crippen LogP contribution is 2.15. The highest BCUT2D eigenvalue weighted by Gasteiger charge is 1.95. The average molecular weight is 299 g/mol. The molecule has 0 aromatic heterocycles. The molecule has 1 rings (SSSR count). The van der Waals surface area contributed by atoms with Crippen LogP contribution in [0.5, 0.6) is 0 Å². The average Bonchev–Trinajstić information content (AvgIpc) is 2.47. The van der Waals surface area contributed by atoms with Gasteiger partial charge in [-0.1, -0.05) is 137 Å². The normalized spacial score (nSPS) is 14.9. The molecule has 0 nitrogen and oxygen atoms in total. The molecular formula is C21H46. The Bertz CT molecular complexity index is 107. The molecule has 0 heterocycles. The first kappa shape index (κ1) is 23.3. The molecule has 0 radical (unpaired) electrons. The molecule has 1 aliphatic carbocycles. The fourth-order valence-electron chi connectivity index (χ4n) is 2.44. The zero-order valence-electron chi connectivity index (χ0n) is 16.0. The molecule has 21 heavy (non-hydrogen) atoms. The second-order valence-electron chi connectivity index (χ2n) is 6.60. The summed E-state index contributed by atoms with van der Waals surface area (Å²) in [6.45, 7) is 8.89. The molecule has 0 spiro atoms. The van der Waals surface area contributed by atoms with Crippen molar-refractivity contribution >= 4 is 0 Å². The van der Waals surface area contributed by atoms with Crippen LogP contribution in [0, 0.1) is 0 Å². The van der Waals surface area contributed by atoms with Gasteiger partial charge in [-0.05, 0) is 0 Å². The third-order valence-electron chi connectivity index (χ3n) is 4.21. The van der Waals surface area contributed by atoms with Crippen LogP contribution in [0.3, 0.4) is 0 Å². The van der Waals surface area contributed by atoms with Crippen molar-refractivity contribution in [3.05, 3.63) is 0 Å². The SMILES string of the molecule is C1CCCCCCC1.CCCC.CCCCCCCCC. The lowest BCUT2D eigenvalue weighted by Gasteiger charge is -2.05. The Morgan fingerprint density at radius 3 is 0.762 bits per heavy atom. The van der Waals surface area contributed by atoms with Crippen molar-refractivity contribution < 1.29 is 0 Å². The molecule has 0 unspecified atom stereocenters. The molecule has 1 fully saturated rings. The van der Waals surface area contributed by atoms with Crippen LogP contribution in [0.25, 0.3) is 0 Å². The zero-order chi connectivity index (χ0) is 16.0. The largest absolute Gasteiger partial charge is 0.0654 e. The van der Waals surface area contributed by atoms with E-state index in [1.165, 1.54) is 109 Å². The maximum Gasteiger partial charge on any atom is -0.0533 e. The lowest BCUT2D eigenvalue weighted by Crippen LogP contribution is -1.85. The minimum absolute atomic E-state index is 1.32. The first-order valence-corrected chi connectivity index (χ1v) is 10.3. The van der Waals surface area contributed by atoms with Gasteiger partial charge in [0.2, 0.25) is 0 Å². The fraction of sp³-hybridized carbons (Fsp3) is 1.00. The van der Waals surface area contributed by atoms with Gasteiger partial charge in [0, 0.05) is 0 Å². The fourth-order valence-corrected chi connectivity index (χ4v) is 2.44. The summed E-state index contributed by atoms with van der Waals surface area (Å²) < 4.78 is 0. The van der Waals surface area contributed by atoms with Crippen molar-refractivity contribution in [1.82, 2.24) is 0 Å². The highest BCUT2D eigenvalue weighted by atomic mass is 14.0. The number of hydrogen-bond acceptors (Lipinski definition) is 0. The lowest BCUT2D eigenvalue weighted by atomic mass is 10.0. The van der Waals surface area contributed by atoms with Crippen LogP contribution in [-0.4, -0.2) is 0 Å². The summed E-state index contributed by atoms with van der Waals surface area (Å²) in [7, 11) is 0. The molecule has 0 N–H and O–H groups in total. The van der Waals surface area contributed by atoms with Crippen LogP contribution in [-0.2, 0) is 0 Å². The lowest BCUT2D eigenvalue weighted by molar-refractivity contribution is 0.504. The van der Waals surface area contributed by atoms with Gasteiger partial charge in [0.1, 0.15) is 0 Å². The molecule has 1 saturated carbocycles. The second-order valence-corrected chi connectivity index (χ2v) is 6.60. The van der Waals surface area contributed by atoms with Crippen molar-refractivity contribution in [3.63, 3.8) is 0 Å². The monoisotopic (exact) mass is 298 g/mol. The minimum atomic E-state index is 1.32. The summed E-state index contributed by atoms with van der Waals surface area (Å²) in [4.78, 5) is 0. The van der Waals surface area contributed by atoms with E-state index in [1.807, 2.05) is 0 Å². The highest BCUT2D eigenvalue weighted by molar-refractivity contribution is 4.51. The van der Waals surface area contributed by atoms with Gasteiger partial charge in [-0.15, -0.1) is 0 Å². The van der Waals surface area contributed by atoms with Gasteiger partial charge in [-0.25, -0.2) is 0 Å². The van der Waals surface area contributed by atoms with Crippen LogP contribution in [0.15, 0.2) is 0 Å². The van der Waals surface area contributed by atoms with Crippen LogP contribution in [0.4, 0.5) is 0 Å². The van der Waals surface area contributed by atoms with Crippen LogP contribution >= 0.6 is 0 Å². The first-order valence-electron chi connectivity index (χ1n) is 10.3. The predicted octanol–water partition coefficient (Wildman–Crippen LogP) is 8.68. The summed E-state index contributed by atoms with van der Waals surface area (Å²) in [6.07, 6.45) is 24.6. The first-order chi connectivity index (χ1) is 10.3. The van der Waals surface area contributed by atoms with E-state index in [0.717, 1.165) is 0 Å². The Kier molecular flexibility index (Phi) is 27.7. The molecule has 0 aliphatic heterocycles.